The van der Waals surface area contributed by atoms with Gasteiger partial charge in [-0.3, -0.25) is 4.98 Å². The molecule has 0 radical (unpaired) electrons. The van der Waals surface area contributed by atoms with Crippen molar-refractivity contribution in [2.24, 2.45) is 5.73 Å². The Labute approximate surface area is 106 Å². The third-order valence-corrected chi connectivity index (χ3v) is 4.63. The van der Waals surface area contributed by atoms with Crippen LogP contribution >= 0.6 is 11.3 Å². The summed E-state index contributed by atoms with van der Waals surface area (Å²) in [6, 6.07) is 8.60. The van der Waals surface area contributed by atoms with Gasteiger partial charge in [0.2, 0.25) is 0 Å². The van der Waals surface area contributed by atoms with Gasteiger partial charge in [0.25, 0.3) is 0 Å². The van der Waals surface area contributed by atoms with Gasteiger partial charge in [-0.2, -0.15) is 0 Å². The molecule has 2 unspecified atom stereocenters. The van der Waals surface area contributed by atoms with Crippen molar-refractivity contribution in [2.45, 2.75) is 31.7 Å². The van der Waals surface area contributed by atoms with Gasteiger partial charge < -0.3 is 5.73 Å². The van der Waals surface area contributed by atoms with Gasteiger partial charge in [-0.25, -0.2) is 0 Å². The average molecular weight is 244 g/mol. The zero-order valence-electron chi connectivity index (χ0n) is 9.89. The van der Waals surface area contributed by atoms with Gasteiger partial charge in [-0.15, -0.1) is 11.3 Å². The molecule has 2 aromatic heterocycles. The maximum absolute atomic E-state index is 6.40. The van der Waals surface area contributed by atoms with Crippen LogP contribution in [-0.4, -0.2) is 4.98 Å². The molecule has 2 heterocycles. The standard InChI is InChI=1S/C14H16N2S/c1-9-4-7-12(17-9)13(15)11-6-5-10-3-2-8-16-14(10)11/h2-4,7-8,11,13H,5-6,15H2,1H3. The third kappa shape index (κ3) is 1.90. The van der Waals surface area contributed by atoms with E-state index in [1.54, 1.807) is 11.3 Å². The highest BCUT2D eigenvalue weighted by Gasteiger charge is 2.30. The molecular formula is C14H16N2S. The van der Waals surface area contributed by atoms with Crippen LogP contribution in [0.25, 0.3) is 0 Å². The first-order chi connectivity index (χ1) is 8.25. The molecule has 0 aliphatic heterocycles. The van der Waals surface area contributed by atoms with Crippen LogP contribution in [0.3, 0.4) is 0 Å². The van der Waals surface area contributed by atoms with Crippen LogP contribution in [0.5, 0.6) is 0 Å². The third-order valence-electron chi connectivity index (χ3n) is 3.53. The minimum Gasteiger partial charge on any atom is -0.323 e. The van der Waals surface area contributed by atoms with Gasteiger partial charge >= 0.3 is 0 Å². The number of nitrogens with two attached hydrogens (primary N) is 1. The quantitative estimate of drug-likeness (QED) is 0.881. The lowest BCUT2D eigenvalue weighted by molar-refractivity contribution is 0.548. The molecule has 0 spiro atoms. The second kappa shape index (κ2) is 4.24. The molecule has 0 saturated carbocycles. The molecule has 2 nitrogen and oxygen atoms in total. The van der Waals surface area contributed by atoms with E-state index >= 15 is 0 Å². The number of hydrogen-bond acceptors (Lipinski definition) is 3. The van der Waals surface area contributed by atoms with Crippen LogP contribution < -0.4 is 5.73 Å². The summed E-state index contributed by atoms with van der Waals surface area (Å²) in [5.74, 6) is 0.393. The van der Waals surface area contributed by atoms with E-state index in [0.717, 1.165) is 12.8 Å². The molecule has 0 bridgehead atoms. The number of hydrogen-bond donors (Lipinski definition) is 1. The predicted octanol–water partition coefficient (Wildman–Crippen LogP) is 3.18. The van der Waals surface area contributed by atoms with E-state index in [9.17, 15) is 0 Å². The Balaban J connectivity index is 1.92. The van der Waals surface area contributed by atoms with Crippen molar-refractivity contribution in [2.75, 3.05) is 0 Å². The summed E-state index contributed by atoms with van der Waals surface area (Å²) in [7, 11) is 0. The van der Waals surface area contributed by atoms with E-state index in [4.69, 9.17) is 5.73 Å². The van der Waals surface area contributed by atoms with Gasteiger partial charge in [0.15, 0.2) is 0 Å². The summed E-state index contributed by atoms with van der Waals surface area (Å²) in [5, 5.41) is 0. The van der Waals surface area contributed by atoms with Crippen molar-refractivity contribution in [3.8, 4) is 0 Å². The van der Waals surface area contributed by atoms with Crippen LogP contribution in [0, 0.1) is 6.92 Å². The Morgan fingerprint density at radius 1 is 1.41 bits per heavy atom. The molecule has 88 valence electrons. The van der Waals surface area contributed by atoms with Gasteiger partial charge in [0.05, 0.1) is 0 Å². The molecule has 2 atom stereocenters. The van der Waals surface area contributed by atoms with Gasteiger partial charge in [-0.1, -0.05) is 6.07 Å². The molecule has 0 fully saturated rings. The Morgan fingerprint density at radius 3 is 3.06 bits per heavy atom. The minimum atomic E-state index is 0.102. The maximum Gasteiger partial charge on any atom is 0.0485 e. The number of aryl methyl sites for hydroxylation is 2. The predicted molar refractivity (Wildman–Crippen MR) is 71.3 cm³/mol. The second-order valence-electron chi connectivity index (χ2n) is 4.67. The zero-order valence-corrected chi connectivity index (χ0v) is 10.7. The number of fused-ring (bicyclic) bond motifs is 1. The highest BCUT2D eigenvalue weighted by molar-refractivity contribution is 7.12. The normalized spacial score (nSPS) is 20.2. The SMILES string of the molecule is Cc1ccc(C(N)C2CCc3cccnc32)s1. The smallest absolute Gasteiger partial charge is 0.0485 e. The fourth-order valence-electron chi connectivity index (χ4n) is 2.62. The van der Waals surface area contributed by atoms with Crippen LogP contribution in [-0.2, 0) is 6.42 Å². The van der Waals surface area contributed by atoms with E-state index < -0.39 is 0 Å². The highest BCUT2D eigenvalue weighted by atomic mass is 32.1. The van der Waals surface area contributed by atoms with Crippen molar-refractivity contribution in [1.82, 2.24) is 4.98 Å². The fourth-order valence-corrected chi connectivity index (χ4v) is 3.57. The van der Waals surface area contributed by atoms with Crippen molar-refractivity contribution >= 4 is 11.3 Å². The molecule has 17 heavy (non-hydrogen) atoms. The number of aromatic nitrogens is 1. The van der Waals surface area contributed by atoms with Crippen LogP contribution in [0.2, 0.25) is 0 Å². The summed E-state index contributed by atoms with van der Waals surface area (Å²) < 4.78 is 0. The number of pyridine rings is 1. The minimum absolute atomic E-state index is 0.102. The first kappa shape index (κ1) is 10.9. The molecule has 0 amide bonds. The molecular weight excluding hydrogens is 228 g/mol. The number of nitrogens with zero attached hydrogens (tertiary/aromatic N) is 1. The van der Waals surface area contributed by atoms with Crippen molar-refractivity contribution in [3.63, 3.8) is 0 Å². The number of thiophene rings is 1. The molecule has 0 aromatic carbocycles. The first-order valence-corrected chi connectivity index (χ1v) is 6.83. The Kier molecular flexibility index (Phi) is 2.73. The van der Waals surface area contributed by atoms with Crippen LogP contribution in [0.1, 0.15) is 39.4 Å². The Morgan fingerprint density at radius 2 is 2.29 bits per heavy atom. The van der Waals surface area contributed by atoms with E-state index in [1.807, 2.05) is 12.3 Å². The first-order valence-electron chi connectivity index (χ1n) is 6.01. The molecule has 0 saturated heterocycles. The summed E-state index contributed by atoms with van der Waals surface area (Å²) in [5.41, 5.74) is 8.99. The summed E-state index contributed by atoms with van der Waals surface area (Å²) in [4.78, 5) is 7.13. The van der Waals surface area contributed by atoms with E-state index in [0.29, 0.717) is 5.92 Å². The van der Waals surface area contributed by atoms with E-state index in [1.165, 1.54) is 21.0 Å². The molecule has 2 N–H and O–H groups in total. The highest BCUT2D eigenvalue weighted by Crippen LogP contribution is 2.40. The van der Waals surface area contributed by atoms with Crippen molar-refractivity contribution in [3.05, 3.63) is 51.5 Å². The van der Waals surface area contributed by atoms with Crippen LogP contribution in [0.15, 0.2) is 30.5 Å². The second-order valence-corrected chi connectivity index (χ2v) is 5.99. The Hall–Kier alpha value is -1.19. The summed E-state index contributed by atoms with van der Waals surface area (Å²) in [6.07, 6.45) is 4.12. The Bertz CT molecular complexity index is 533. The topological polar surface area (TPSA) is 38.9 Å². The molecule has 2 aromatic rings. The molecule has 3 heteroatoms. The lowest BCUT2D eigenvalue weighted by Gasteiger charge is -2.18. The van der Waals surface area contributed by atoms with E-state index in [-0.39, 0.29) is 6.04 Å². The lowest BCUT2D eigenvalue weighted by Crippen LogP contribution is -2.17. The van der Waals surface area contributed by atoms with Gasteiger partial charge in [-0.05, 0) is 43.5 Å². The van der Waals surface area contributed by atoms with Crippen LogP contribution in [0.4, 0.5) is 0 Å². The lowest BCUT2D eigenvalue weighted by atomic mass is 9.96. The van der Waals surface area contributed by atoms with Gasteiger partial charge in [0.1, 0.15) is 0 Å². The van der Waals surface area contributed by atoms with E-state index in [2.05, 4.69) is 30.1 Å². The fraction of sp³-hybridized carbons (Fsp3) is 0.357. The van der Waals surface area contributed by atoms with Crippen molar-refractivity contribution < 1.29 is 0 Å². The largest absolute Gasteiger partial charge is 0.323 e. The molecule has 1 aliphatic carbocycles. The number of rotatable bonds is 2. The molecule has 1 aliphatic rings. The van der Waals surface area contributed by atoms with Gasteiger partial charge in [0, 0.05) is 33.6 Å². The summed E-state index contributed by atoms with van der Waals surface area (Å²) >= 11 is 1.80. The summed E-state index contributed by atoms with van der Waals surface area (Å²) in [6.45, 7) is 2.13. The average Bonchev–Trinajstić information content (AvgIpc) is 2.94. The zero-order chi connectivity index (χ0) is 11.8. The monoisotopic (exact) mass is 244 g/mol. The van der Waals surface area contributed by atoms with Crippen molar-refractivity contribution in [1.29, 1.82) is 0 Å². The maximum atomic E-state index is 6.40. The molecule has 3 rings (SSSR count).